The van der Waals surface area contributed by atoms with Gasteiger partial charge in [0.1, 0.15) is 5.82 Å². The molecule has 0 saturated heterocycles. The summed E-state index contributed by atoms with van der Waals surface area (Å²) in [6.07, 6.45) is 4.91. The fourth-order valence-corrected chi connectivity index (χ4v) is 3.31. The molecule has 1 heterocycles. The number of aromatic nitrogens is 2. The van der Waals surface area contributed by atoms with Crippen molar-refractivity contribution in [2.45, 2.75) is 19.5 Å². The van der Waals surface area contributed by atoms with Crippen LogP contribution >= 0.6 is 0 Å². The molecule has 0 fully saturated rings. The molecule has 1 aromatic heterocycles. The van der Waals surface area contributed by atoms with E-state index in [4.69, 9.17) is 0 Å². The van der Waals surface area contributed by atoms with Crippen LogP contribution in [0.3, 0.4) is 0 Å². The smallest absolute Gasteiger partial charge is 0.216 e. The van der Waals surface area contributed by atoms with Gasteiger partial charge in [0.2, 0.25) is 10.0 Å². The number of nitrogens with zero attached hydrogens (tertiary/aromatic N) is 3. The molecule has 7 heteroatoms. The van der Waals surface area contributed by atoms with E-state index in [1.807, 2.05) is 0 Å². The van der Waals surface area contributed by atoms with Crippen LogP contribution in [0.4, 0.5) is 4.39 Å². The van der Waals surface area contributed by atoms with Crippen molar-refractivity contribution in [2.24, 2.45) is 0 Å². The van der Waals surface area contributed by atoms with Gasteiger partial charge in [-0.3, -0.25) is 0 Å². The van der Waals surface area contributed by atoms with Crippen LogP contribution in [0.15, 0.2) is 43.0 Å². The van der Waals surface area contributed by atoms with Crippen LogP contribution in [0, 0.1) is 5.82 Å². The van der Waals surface area contributed by atoms with Gasteiger partial charge in [-0.2, -0.15) is 4.31 Å². The maximum Gasteiger partial charge on any atom is 0.216 e. The Morgan fingerprint density at radius 3 is 2.57 bits per heavy atom. The first-order valence-electron chi connectivity index (χ1n) is 6.57. The summed E-state index contributed by atoms with van der Waals surface area (Å²) >= 11 is 0. The minimum Gasteiger partial charge on any atom is -0.336 e. The third-order valence-corrected chi connectivity index (χ3v) is 5.40. The van der Waals surface area contributed by atoms with Gasteiger partial charge in [-0.1, -0.05) is 12.1 Å². The quantitative estimate of drug-likeness (QED) is 0.820. The highest BCUT2D eigenvalue weighted by atomic mass is 32.2. The number of aryl methyl sites for hydroxylation is 1. The molecule has 0 bridgehead atoms. The minimum atomic E-state index is -3.40. The molecule has 0 N–H and O–H groups in total. The van der Waals surface area contributed by atoms with Crippen molar-refractivity contribution in [3.8, 4) is 0 Å². The molecule has 21 heavy (non-hydrogen) atoms. The second-order valence-electron chi connectivity index (χ2n) is 4.86. The van der Waals surface area contributed by atoms with E-state index in [-0.39, 0.29) is 17.6 Å². The molecule has 5 nitrogen and oxygen atoms in total. The number of rotatable bonds is 6. The lowest BCUT2D eigenvalue weighted by atomic mass is 10.1. The molecular weight excluding hydrogens is 293 g/mol. The van der Waals surface area contributed by atoms with Crippen molar-refractivity contribution >= 4 is 10.0 Å². The lowest BCUT2D eigenvalue weighted by molar-refractivity contribution is 0.396. The van der Waals surface area contributed by atoms with Gasteiger partial charge in [-0.05, 0) is 24.6 Å². The first-order chi connectivity index (χ1) is 9.90. The van der Waals surface area contributed by atoms with Crippen LogP contribution in [-0.4, -0.2) is 35.1 Å². The normalized spacial score (nSPS) is 13.5. The molecule has 0 aliphatic carbocycles. The Labute approximate surface area is 124 Å². The van der Waals surface area contributed by atoms with Gasteiger partial charge in [0, 0.05) is 32.0 Å². The Balaban J connectivity index is 2.06. The zero-order valence-electron chi connectivity index (χ0n) is 12.0. The minimum absolute atomic E-state index is 0.00854. The molecule has 114 valence electrons. The van der Waals surface area contributed by atoms with Crippen LogP contribution in [0.2, 0.25) is 0 Å². The Bertz CT molecular complexity index is 669. The molecular formula is C14H18FN3O2S. The molecule has 1 aromatic carbocycles. The Kier molecular flexibility index (Phi) is 4.74. The van der Waals surface area contributed by atoms with E-state index in [2.05, 4.69) is 4.98 Å². The van der Waals surface area contributed by atoms with Crippen LogP contribution in [0.5, 0.6) is 0 Å². The average Bonchev–Trinajstić information content (AvgIpc) is 2.98. The molecule has 0 amide bonds. The summed E-state index contributed by atoms with van der Waals surface area (Å²) in [4.78, 5) is 3.88. The van der Waals surface area contributed by atoms with E-state index in [0.29, 0.717) is 6.54 Å². The maximum atomic E-state index is 12.9. The van der Waals surface area contributed by atoms with Gasteiger partial charge in [0.15, 0.2) is 0 Å². The number of hydrogen-bond donors (Lipinski definition) is 0. The molecule has 2 rings (SSSR count). The van der Waals surface area contributed by atoms with E-state index >= 15 is 0 Å². The SMILES string of the molecule is CC(c1ccc(F)cc1)N(C)S(=O)(=O)CCn1ccnc1. The van der Waals surface area contributed by atoms with E-state index in [1.165, 1.54) is 23.5 Å². The Morgan fingerprint density at radius 1 is 1.33 bits per heavy atom. The summed E-state index contributed by atoms with van der Waals surface area (Å²) in [6, 6.07) is 5.51. The summed E-state index contributed by atoms with van der Waals surface area (Å²) in [5.74, 6) is -0.345. The monoisotopic (exact) mass is 311 g/mol. The van der Waals surface area contributed by atoms with Crippen molar-refractivity contribution in [2.75, 3.05) is 12.8 Å². The molecule has 2 aromatic rings. The van der Waals surface area contributed by atoms with Crippen molar-refractivity contribution in [1.82, 2.24) is 13.9 Å². The highest BCUT2D eigenvalue weighted by Crippen LogP contribution is 2.22. The topological polar surface area (TPSA) is 55.2 Å². The Morgan fingerprint density at radius 2 is 2.00 bits per heavy atom. The number of benzene rings is 1. The molecule has 1 atom stereocenters. The zero-order chi connectivity index (χ0) is 15.5. The van der Waals surface area contributed by atoms with Crippen molar-refractivity contribution in [3.05, 3.63) is 54.4 Å². The number of imidazole rings is 1. The lowest BCUT2D eigenvalue weighted by Crippen LogP contribution is -2.33. The van der Waals surface area contributed by atoms with Gasteiger partial charge in [0.25, 0.3) is 0 Å². The summed E-state index contributed by atoms with van der Waals surface area (Å²) in [5, 5.41) is 0. The molecule has 0 spiro atoms. The van der Waals surface area contributed by atoms with Gasteiger partial charge in [0.05, 0.1) is 12.1 Å². The van der Waals surface area contributed by atoms with Crippen LogP contribution in [0.25, 0.3) is 0 Å². The van der Waals surface area contributed by atoms with Crippen LogP contribution in [0.1, 0.15) is 18.5 Å². The predicted octanol–water partition coefficient (Wildman–Crippen LogP) is 2.04. The standard InChI is InChI=1S/C14H18FN3O2S/c1-12(13-3-5-14(15)6-4-13)17(2)21(19,20)10-9-18-8-7-16-11-18/h3-8,11-12H,9-10H2,1-2H3. The number of hydrogen-bond acceptors (Lipinski definition) is 3. The second-order valence-corrected chi connectivity index (χ2v) is 7.01. The zero-order valence-corrected chi connectivity index (χ0v) is 12.8. The molecule has 0 saturated carbocycles. The third-order valence-electron chi connectivity index (χ3n) is 3.50. The first kappa shape index (κ1) is 15.7. The van der Waals surface area contributed by atoms with Gasteiger partial charge in [-0.25, -0.2) is 17.8 Å². The highest BCUT2D eigenvalue weighted by molar-refractivity contribution is 7.89. The maximum absolute atomic E-state index is 12.9. The fraction of sp³-hybridized carbons (Fsp3) is 0.357. The molecule has 0 aliphatic rings. The highest BCUT2D eigenvalue weighted by Gasteiger charge is 2.24. The van der Waals surface area contributed by atoms with Crippen molar-refractivity contribution < 1.29 is 12.8 Å². The van der Waals surface area contributed by atoms with Crippen LogP contribution in [-0.2, 0) is 16.6 Å². The van der Waals surface area contributed by atoms with E-state index in [9.17, 15) is 12.8 Å². The summed E-state index contributed by atoms with van der Waals surface area (Å²) in [6.45, 7) is 2.13. The summed E-state index contributed by atoms with van der Waals surface area (Å²) < 4.78 is 40.6. The molecule has 0 radical (unpaired) electrons. The van der Waals surface area contributed by atoms with Gasteiger partial charge < -0.3 is 4.57 Å². The molecule has 1 unspecified atom stereocenters. The number of halogens is 1. The van der Waals surface area contributed by atoms with E-state index in [0.717, 1.165) is 5.56 Å². The van der Waals surface area contributed by atoms with Crippen molar-refractivity contribution in [1.29, 1.82) is 0 Å². The van der Waals surface area contributed by atoms with Crippen molar-refractivity contribution in [3.63, 3.8) is 0 Å². The van der Waals surface area contributed by atoms with Gasteiger partial charge in [-0.15, -0.1) is 0 Å². The molecule has 0 aliphatic heterocycles. The summed E-state index contributed by atoms with van der Waals surface area (Å²) in [7, 11) is -1.86. The van der Waals surface area contributed by atoms with Crippen LogP contribution < -0.4 is 0 Å². The average molecular weight is 311 g/mol. The number of sulfonamides is 1. The first-order valence-corrected chi connectivity index (χ1v) is 8.18. The predicted molar refractivity (Wildman–Crippen MR) is 78.6 cm³/mol. The van der Waals surface area contributed by atoms with E-state index in [1.54, 1.807) is 42.3 Å². The Hall–Kier alpha value is -1.73. The largest absolute Gasteiger partial charge is 0.336 e. The summed E-state index contributed by atoms with van der Waals surface area (Å²) in [5.41, 5.74) is 0.755. The lowest BCUT2D eigenvalue weighted by Gasteiger charge is -2.24. The third kappa shape index (κ3) is 3.89. The fourth-order valence-electron chi connectivity index (χ4n) is 1.98. The van der Waals surface area contributed by atoms with E-state index < -0.39 is 10.0 Å². The second kappa shape index (κ2) is 6.36. The van der Waals surface area contributed by atoms with Gasteiger partial charge >= 0.3 is 0 Å².